The molecule has 0 amide bonds. The number of hydrogen-bond acceptors (Lipinski definition) is 3. The first-order chi connectivity index (χ1) is 9.49. The predicted octanol–water partition coefficient (Wildman–Crippen LogP) is 4.93. The molecule has 0 aliphatic carbocycles. The Bertz CT molecular complexity index is 662. The molecule has 0 unspecified atom stereocenters. The van der Waals surface area contributed by atoms with Gasteiger partial charge in [-0.15, -0.1) is 0 Å². The molecule has 0 atom stereocenters. The summed E-state index contributed by atoms with van der Waals surface area (Å²) in [5, 5.41) is 14.8. The van der Waals surface area contributed by atoms with Crippen LogP contribution >= 0.6 is 27.5 Å². The van der Waals surface area contributed by atoms with Crippen LogP contribution in [0.5, 0.6) is 0 Å². The number of nitro groups is 1. The Balaban J connectivity index is 2.19. The average Bonchev–Trinajstić information content (AvgIpc) is 2.39. The third kappa shape index (κ3) is 3.29. The van der Waals surface area contributed by atoms with Crippen LogP contribution in [0.2, 0.25) is 5.02 Å². The number of halogens is 2. The van der Waals surface area contributed by atoms with E-state index in [1.165, 1.54) is 6.07 Å². The second kappa shape index (κ2) is 6.24. The standard InChI is InChI=1S/C14H12BrClN2O2/c1-9-13(3-2-4-14(9)18(19)20)17-8-10-5-6-11(16)7-12(10)15/h2-7,17H,8H2,1H3. The summed E-state index contributed by atoms with van der Waals surface area (Å²) in [6.45, 7) is 2.29. The molecule has 104 valence electrons. The molecular formula is C14H12BrClN2O2. The molecule has 4 nitrogen and oxygen atoms in total. The lowest BCUT2D eigenvalue weighted by molar-refractivity contribution is -0.385. The van der Waals surface area contributed by atoms with E-state index in [2.05, 4.69) is 21.2 Å². The molecule has 0 fully saturated rings. The van der Waals surface area contributed by atoms with E-state index in [4.69, 9.17) is 11.6 Å². The molecule has 0 spiro atoms. The number of nitro benzene ring substituents is 1. The van der Waals surface area contributed by atoms with E-state index in [0.29, 0.717) is 17.1 Å². The van der Waals surface area contributed by atoms with Gasteiger partial charge in [-0.2, -0.15) is 0 Å². The number of nitrogens with zero attached hydrogens (tertiary/aromatic N) is 1. The average molecular weight is 356 g/mol. The van der Waals surface area contributed by atoms with Crippen molar-refractivity contribution in [2.45, 2.75) is 13.5 Å². The molecule has 2 rings (SSSR count). The molecule has 0 bridgehead atoms. The van der Waals surface area contributed by atoms with E-state index in [0.717, 1.165) is 15.7 Å². The van der Waals surface area contributed by atoms with Gasteiger partial charge in [0.05, 0.1) is 4.92 Å². The third-order valence-electron chi connectivity index (χ3n) is 2.99. The number of anilines is 1. The van der Waals surface area contributed by atoms with Crippen molar-refractivity contribution in [3.63, 3.8) is 0 Å². The molecule has 2 aromatic carbocycles. The lowest BCUT2D eigenvalue weighted by Crippen LogP contribution is -2.03. The summed E-state index contributed by atoms with van der Waals surface area (Å²) in [6, 6.07) is 10.5. The monoisotopic (exact) mass is 354 g/mol. The van der Waals surface area contributed by atoms with E-state index < -0.39 is 0 Å². The van der Waals surface area contributed by atoms with Gasteiger partial charge in [0, 0.05) is 33.4 Å². The number of rotatable bonds is 4. The van der Waals surface area contributed by atoms with Gasteiger partial charge in [0.2, 0.25) is 0 Å². The molecule has 0 aliphatic heterocycles. The van der Waals surface area contributed by atoms with E-state index in [1.54, 1.807) is 13.0 Å². The molecule has 6 heteroatoms. The Hall–Kier alpha value is -1.59. The van der Waals surface area contributed by atoms with E-state index >= 15 is 0 Å². The summed E-state index contributed by atoms with van der Waals surface area (Å²) in [5.74, 6) is 0. The molecule has 0 saturated carbocycles. The summed E-state index contributed by atoms with van der Waals surface area (Å²) >= 11 is 9.33. The van der Waals surface area contributed by atoms with Crippen LogP contribution in [0.1, 0.15) is 11.1 Å². The maximum Gasteiger partial charge on any atom is 0.274 e. The van der Waals surface area contributed by atoms with Crippen LogP contribution in [0, 0.1) is 17.0 Å². The number of hydrogen-bond donors (Lipinski definition) is 1. The minimum atomic E-state index is -0.376. The van der Waals surface area contributed by atoms with Crippen LogP contribution < -0.4 is 5.32 Å². The van der Waals surface area contributed by atoms with E-state index in [1.807, 2.05) is 24.3 Å². The lowest BCUT2D eigenvalue weighted by Gasteiger charge is -2.11. The summed E-state index contributed by atoms with van der Waals surface area (Å²) < 4.78 is 0.903. The minimum absolute atomic E-state index is 0.116. The fraction of sp³-hybridized carbons (Fsp3) is 0.143. The summed E-state index contributed by atoms with van der Waals surface area (Å²) in [6.07, 6.45) is 0. The van der Waals surface area contributed by atoms with Crippen LogP contribution in [-0.2, 0) is 6.54 Å². The normalized spacial score (nSPS) is 10.3. The minimum Gasteiger partial charge on any atom is -0.381 e. The smallest absolute Gasteiger partial charge is 0.274 e. The predicted molar refractivity (Wildman–Crippen MR) is 84.3 cm³/mol. The van der Waals surface area contributed by atoms with Gasteiger partial charge in [-0.3, -0.25) is 10.1 Å². The SMILES string of the molecule is Cc1c(NCc2ccc(Cl)cc2Br)cccc1[N+](=O)[O-]. The van der Waals surface area contributed by atoms with E-state index in [9.17, 15) is 10.1 Å². The highest BCUT2D eigenvalue weighted by Crippen LogP contribution is 2.27. The molecule has 2 aromatic rings. The lowest BCUT2D eigenvalue weighted by atomic mass is 10.1. The Morgan fingerprint density at radius 2 is 2.10 bits per heavy atom. The van der Waals surface area contributed by atoms with Crippen molar-refractivity contribution < 1.29 is 4.92 Å². The second-order valence-corrected chi connectivity index (χ2v) is 5.59. The van der Waals surface area contributed by atoms with Gasteiger partial charge < -0.3 is 5.32 Å². The Morgan fingerprint density at radius 1 is 1.35 bits per heavy atom. The second-order valence-electron chi connectivity index (χ2n) is 4.30. The zero-order valence-electron chi connectivity index (χ0n) is 10.7. The summed E-state index contributed by atoms with van der Waals surface area (Å²) in [7, 11) is 0. The molecule has 20 heavy (non-hydrogen) atoms. The zero-order chi connectivity index (χ0) is 14.7. The van der Waals surface area contributed by atoms with Crippen molar-refractivity contribution in [3.8, 4) is 0 Å². The van der Waals surface area contributed by atoms with Crippen molar-refractivity contribution in [1.29, 1.82) is 0 Å². The van der Waals surface area contributed by atoms with Gasteiger partial charge >= 0.3 is 0 Å². The highest BCUT2D eigenvalue weighted by molar-refractivity contribution is 9.10. The van der Waals surface area contributed by atoms with Gasteiger partial charge in [0.1, 0.15) is 0 Å². The molecule has 0 heterocycles. The van der Waals surface area contributed by atoms with Crippen molar-refractivity contribution >= 4 is 38.9 Å². The maximum absolute atomic E-state index is 10.9. The highest BCUT2D eigenvalue weighted by atomic mass is 79.9. The van der Waals surface area contributed by atoms with Crippen LogP contribution in [-0.4, -0.2) is 4.92 Å². The molecule has 0 aromatic heterocycles. The summed E-state index contributed by atoms with van der Waals surface area (Å²) in [5.41, 5.74) is 2.52. The topological polar surface area (TPSA) is 55.2 Å². The van der Waals surface area contributed by atoms with Crippen molar-refractivity contribution in [2.75, 3.05) is 5.32 Å². The summed E-state index contributed by atoms with van der Waals surface area (Å²) in [4.78, 5) is 10.5. The van der Waals surface area contributed by atoms with Gasteiger partial charge in [-0.25, -0.2) is 0 Å². The molecular weight excluding hydrogens is 344 g/mol. The highest BCUT2D eigenvalue weighted by Gasteiger charge is 2.13. The fourth-order valence-corrected chi connectivity index (χ4v) is 2.69. The maximum atomic E-state index is 10.9. The third-order valence-corrected chi connectivity index (χ3v) is 3.96. The van der Waals surface area contributed by atoms with E-state index in [-0.39, 0.29) is 10.6 Å². The first-order valence-electron chi connectivity index (χ1n) is 5.91. The Kier molecular flexibility index (Phi) is 4.62. The first-order valence-corrected chi connectivity index (χ1v) is 7.08. The molecule has 0 saturated heterocycles. The molecule has 1 N–H and O–H groups in total. The largest absolute Gasteiger partial charge is 0.381 e. The van der Waals surface area contributed by atoms with Gasteiger partial charge in [0.25, 0.3) is 5.69 Å². The van der Waals surface area contributed by atoms with Crippen molar-refractivity contribution in [2.24, 2.45) is 0 Å². The van der Waals surface area contributed by atoms with Crippen LogP contribution in [0.25, 0.3) is 0 Å². The van der Waals surface area contributed by atoms with Crippen molar-refractivity contribution in [1.82, 2.24) is 0 Å². The van der Waals surface area contributed by atoms with Gasteiger partial charge in [-0.05, 0) is 30.7 Å². The van der Waals surface area contributed by atoms with Crippen LogP contribution in [0.3, 0.4) is 0 Å². The van der Waals surface area contributed by atoms with Crippen LogP contribution in [0.15, 0.2) is 40.9 Å². The van der Waals surface area contributed by atoms with Crippen LogP contribution in [0.4, 0.5) is 11.4 Å². The molecule has 0 radical (unpaired) electrons. The fourth-order valence-electron chi connectivity index (χ4n) is 1.87. The quantitative estimate of drug-likeness (QED) is 0.625. The Morgan fingerprint density at radius 3 is 2.75 bits per heavy atom. The Labute approximate surface area is 130 Å². The molecule has 0 aliphatic rings. The van der Waals surface area contributed by atoms with Crippen molar-refractivity contribution in [3.05, 3.63) is 67.1 Å². The van der Waals surface area contributed by atoms with Gasteiger partial charge in [-0.1, -0.05) is 39.7 Å². The van der Waals surface area contributed by atoms with Gasteiger partial charge in [0.15, 0.2) is 0 Å². The number of nitrogens with one attached hydrogen (secondary N) is 1. The first kappa shape index (κ1) is 14.8. The number of benzene rings is 2. The zero-order valence-corrected chi connectivity index (χ0v) is 13.0.